The number of carbonyl (C=O) groups excluding carboxylic acids is 1. The number of furan rings is 2. The minimum atomic E-state index is -1.07. The highest BCUT2D eigenvalue weighted by molar-refractivity contribution is 5.88. The summed E-state index contributed by atoms with van der Waals surface area (Å²) in [6.07, 6.45) is 3.44. The number of hydrogen-bond donors (Lipinski definition) is 2. The van der Waals surface area contributed by atoms with E-state index in [0.29, 0.717) is 28.8 Å². The summed E-state index contributed by atoms with van der Waals surface area (Å²) in [7, 11) is 0. The molecule has 0 saturated carbocycles. The molecular formula is C16H15N3O6. The summed E-state index contributed by atoms with van der Waals surface area (Å²) in [5, 5.41) is 15.4. The fraction of sp³-hybridized carbons (Fsp3) is 0.250. The van der Waals surface area contributed by atoms with Crippen molar-refractivity contribution in [2.45, 2.75) is 26.3 Å². The molecule has 2 N–H and O–H groups in total. The Hall–Kier alpha value is -3.36. The van der Waals surface area contributed by atoms with E-state index >= 15 is 0 Å². The molecule has 0 bridgehead atoms. The van der Waals surface area contributed by atoms with Gasteiger partial charge in [0.25, 0.3) is 0 Å². The van der Waals surface area contributed by atoms with E-state index in [1.54, 1.807) is 13.0 Å². The maximum absolute atomic E-state index is 11.9. The molecule has 3 aromatic rings. The number of amides is 1. The molecule has 0 fully saturated rings. The molecule has 0 radical (unpaired) electrons. The normalized spacial score (nSPS) is 10.8. The van der Waals surface area contributed by atoms with Gasteiger partial charge >= 0.3 is 5.97 Å². The predicted molar refractivity (Wildman–Crippen MR) is 82.6 cm³/mol. The summed E-state index contributed by atoms with van der Waals surface area (Å²) in [6, 6.07) is 3.10. The van der Waals surface area contributed by atoms with Gasteiger partial charge in [0.05, 0.1) is 18.4 Å². The molecule has 0 aliphatic heterocycles. The first-order chi connectivity index (χ1) is 12.0. The van der Waals surface area contributed by atoms with E-state index in [2.05, 4.69) is 15.5 Å². The van der Waals surface area contributed by atoms with Crippen molar-refractivity contribution in [3.63, 3.8) is 0 Å². The smallest absolute Gasteiger partial charge is 0.339 e. The zero-order valence-electron chi connectivity index (χ0n) is 13.3. The monoisotopic (exact) mass is 345 g/mol. The Kier molecular flexibility index (Phi) is 4.64. The molecule has 9 heteroatoms. The van der Waals surface area contributed by atoms with Gasteiger partial charge in [0, 0.05) is 12.8 Å². The number of aromatic nitrogens is 2. The van der Waals surface area contributed by atoms with Crippen LogP contribution in [-0.4, -0.2) is 27.1 Å². The minimum Gasteiger partial charge on any atom is -0.478 e. The van der Waals surface area contributed by atoms with Crippen LogP contribution in [0, 0.1) is 6.92 Å². The van der Waals surface area contributed by atoms with Crippen molar-refractivity contribution in [2.24, 2.45) is 0 Å². The second kappa shape index (κ2) is 7.04. The SMILES string of the molecule is Cc1oc(CNC(=O)CCc2nc(-c3ccoc3)no2)cc1C(=O)O. The van der Waals surface area contributed by atoms with Crippen LogP contribution in [0.4, 0.5) is 0 Å². The Morgan fingerprint density at radius 2 is 2.20 bits per heavy atom. The van der Waals surface area contributed by atoms with Gasteiger partial charge in [-0.2, -0.15) is 4.98 Å². The van der Waals surface area contributed by atoms with Crippen molar-refractivity contribution in [3.05, 3.63) is 47.6 Å². The summed E-state index contributed by atoms with van der Waals surface area (Å²) >= 11 is 0. The second-order valence-corrected chi connectivity index (χ2v) is 5.29. The minimum absolute atomic E-state index is 0.0851. The first-order valence-electron chi connectivity index (χ1n) is 7.47. The van der Waals surface area contributed by atoms with E-state index in [0.717, 1.165) is 0 Å². The number of aromatic carboxylic acids is 1. The predicted octanol–water partition coefficient (Wildman–Crippen LogP) is 2.18. The van der Waals surface area contributed by atoms with E-state index in [1.807, 2.05) is 0 Å². The van der Waals surface area contributed by atoms with Gasteiger partial charge in [-0.1, -0.05) is 5.16 Å². The van der Waals surface area contributed by atoms with Crippen LogP contribution in [-0.2, 0) is 17.8 Å². The van der Waals surface area contributed by atoms with Crippen LogP contribution in [0.1, 0.15) is 34.2 Å². The number of carboxylic acid groups (broad SMARTS) is 1. The number of rotatable bonds is 7. The average Bonchev–Trinajstić information content (AvgIpc) is 3.30. The number of aryl methyl sites for hydroxylation is 2. The van der Waals surface area contributed by atoms with Crippen LogP contribution < -0.4 is 5.32 Å². The van der Waals surface area contributed by atoms with E-state index in [4.69, 9.17) is 18.5 Å². The van der Waals surface area contributed by atoms with Crippen LogP contribution in [0.2, 0.25) is 0 Å². The van der Waals surface area contributed by atoms with Gasteiger partial charge in [-0.3, -0.25) is 4.79 Å². The topological polar surface area (TPSA) is 132 Å². The number of carboxylic acids is 1. The van der Waals surface area contributed by atoms with Gasteiger partial charge < -0.3 is 23.8 Å². The first kappa shape index (κ1) is 16.5. The largest absolute Gasteiger partial charge is 0.478 e. The van der Waals surface area contributed by atoms with Crippen molar-refractivity contribution in [3.8, 4) is 11.4 Å². The number of nitrogens with zero attached hydrogens (tertiary/aromatic N) is 2. The summed E-state index contributed by atoms with van der Waals surface area (Å²) < 4.78 is 15.3. The Balaban J connectivity index is 1.48. The second-order valence-electron chi connectivity index (χ2n) is 5.29. The molecule has 0 spiro atoms. The average molecular weight is 345 g/mol. The highest BCUT2D eigenvalue weighted by Gasteiger charge is 2.15. The highest BCUT2D eigenvalue weighted by Crippen LogP contribution is 2.16. The molecule has 0 saturated heterocycles. The third kappa shape index (κ3) is 3.94. The summed E-state index contributed by atoms with van der Waals surface area (Å²) in [5.74, 6) is 0.111. The fourth-order valence-electron chi connectivity index (χ4n) is 2.20. The zero-order chi connectivity index (χ0) is 17.8. The Bertz CT molecular complexity index is 878. The lowest BCUT2D eigenvalue weighted by Gasteiger charge is -2.01. The third-order valence-electron chi connectivity index (χ3n) is 3.47. The molecule has 9 nitrogen and oxygen atoms in total. The molecule has 0 unspecified atom stereocenters. The molecule has 130 valence electrons. The van der Waals surface area contributed by atoms with Crippen molar-refractivity contribution >= 4 is 11.9 Å². The molecule has 0 aromatic carbocycles. The molecular weight excluding hydrogens is 330 g/mol. The van der Waals surface area contributed by atoms with Crippen LogP contribution in [0.25, 0.3) is 11.4 Å². The molecule has 3 heterocycles. The summed E-state index contributed by atoms with van der Waals surface area (Å²) in [6.45, 7) is 1.67. The third-order valence-corrected chi connectivity index (χ3v) is 3.47. The van der Waals surface area contributed by atoms with Gasteiger partial charge in [-0.25, -0.2) is 4.79 Å². The van der Waals surface area contributed by atoms with Crippen LogP contribution in [0.15, 0.2) is 38.0 Å². The van der Waals surface area contributed by atoms with Crippen molar-refractivity contribution in [1.82, 2.24) is 15.5 Å². The van der Waals surface area contributed by atoms with Crippen molar-refractivity contribution in [2.75, 3.05) is 0 Å². The highest BCUT2D eigenvalue weighted by atomic mass is 16.5. The fourth-order valence-corrected chi connectivity index (χ4v) is 2.20. The Morgan fingerprint density at radius 1 is 1.36 bits per heavy atom. The summed E-state index contributed by atoms with van der Waals surface area (Å²) in [5.41, 5.74) is 0.781. The molecule has 0 aliphatic rings. The lowest BCUT2D eigenvalue weighted by atomic mass is 10.2. The van der Waals surface area contributed by atoms with Gasteiger partial charge in [0.2, 0.25) is 17.6 Å². The maximum atomic E-state index is 11.9. The number of hydrogen-bond acceptors (Lipinski definition) is 7. The molecule has 0 aliphatic carbocycles. The van der Waals surface area contributed by atoms with E-state index in [1.165, 1.54) is 18.6 Å². The first-order valence-corrected chi connectivity index (χ1v) is 7.47. The zero-order valence-corrected chi connectivity index (χ0v) is 13.3. The van der Waals surface area contributed by atoms with Gasteiger partial charge in [0.15, 0.2) is 0 Å². The van der Waals surface area contributed by atoms with Crippen LogP contribution >= 0.6 is 0 Å². The van der Waals surface area contributed by atoms with Gasteiger partial charge in [0.1, 0.15) is 23.3 Å². The molecule has 1 amide bonds. The molecule has 3 rings (SSSR count). The molecule has 3 aromatic heterocycles. The summed E-state index contributed by atoms with van der Waals surface area (Å²) in [4.78, 5) is 27.0. The number of carbonyl (C=O) groups is 2. The van der Waals surface area contributed by atoms with Crippen molar-refractivity contribution < 1.29 is 28.1 Å². The Morgan fingerprint density at radius 3 is 2.88 bits per heavy atom. The molecule has 25 heavy (non-hydrogen) atoms. The lowest BCUT2D eigenvalue weighted by molar-refractivity contribution is -0.121. The van der Waals surface area contributed by atoms with Crippen LogP contribution in [0.5, 0.6) is 0 Å². The van der Waals surface area contributed by atoms with Crippen molar-refractivity contribution in [1.29, 1.82) is 0 Å². The lowest BCUT2D eigenvalue weighted by Crippen LogP contribution is -2.22. The van der Waals surface area contributed by atoms with E-state index in [9.17, 15) is 9.59 Å². The standard InChI is InChI=1S/C16H15N3O6/c1-9-12(16(21)22)6-11(24-9)7-17-13(20)2-3-14-18-15(19-25-14)10-4-5-23-8-10/h4-6,8H,2-3,7H2,1H3,(H,17,20)(H,21,22). The van der Waals surface area contributed by atoms with Gasteiger partial charge in [-0.15, -0.1) is 0 Å². The van der Waals surface area contributed by atoms with E-state index < -0.39 is 5.97 Å². The quantitative estimate of drug-likeness (QED) is 0.666. The molecule has 0 atom stereocenters. The van der Waals surface area contributed by atoms with E-state index in [-0.39, 0.29) is 30.9 Å². The van der Waals surface area contributed by atoms with Crippen LogP contribution in [0.3, 0.4) is 0 Å². The van der Waals surface area contributed by atoms with Gasteiger partial charge in [-0.05, 0) is 19.1 Å². The Labute approximate surface area is 141 Å². The number of nitrogens with one attached hydrogen (secondary N) is 1. The maximum Gasteiger partial charge on any atom is 0.339 e.